The van der Waals surface area contributed by atoms with Gasteiger partial charge in [0.2, 0.25) is 0 Å². The van der Waals surface area contributed by atoms with Crippen LogP contribution in [0, 0.1) is 0 Å². The highest BCUT2D eigenvalue weighted by atomic mass is 31.2. The van der Waals surface area contributed by atoms with Gasteiger partial charge in [-0.1, -0.05) is 135 Å². The predicted molar refractivity (Wildman–Crippen MR) is 263 cm³/mol. The molecule has 0 bridgehead atoms. The number of phenolic OH excluding ortho intramolecular Hbond substituents is 2. The fourth-order valence-corrected chi connectivity index (χ4v) is 13.9. The third-order valence-corrected chi connectivity index (χ3v) is 17.3. The number of aromatic hydroxyl groups is 2. The molecule has 324 valence electrons. The van der Waals surface area contributed by atoms with Crippen molar-refractivity contribution < 1.29 is 28.4 Å². The Morgan fingerprint density at radius 2 is 0.800 bits per heavy atom. The van der Waals surface area contributed by atoms with Crippen LogP contribution in [0.2, 0.25) is 0 Å². The van der Waals surface area contributed by atoms with E-state index in [1.807, 2.05) is 192 Å². The minimum atomic E-state index is -3.50. The monoisotopic (exact) mass is 894 g/mol. The summed E-state index contributed by atoms with van der Waals surface area (Å²) in [5.41, 5.74) is 7.86. The van der Waals surface area contributed by atoms with Gasteiger partial charge in [0.1, 0.15) is 35.6 Å². The summed E-state index contributed by atoms with van der Waals surface area (Å²) in [5, 5.41) is 24.3. The lowest BCUT2D eigenvalue weighted by Crippen LogP contribution is -2.31. The first kappa shape index (κ1) is 42.0. The molecule has 0 fully saturated rings. The highest BCUT2D eigenvalue weighted by Gasteiger charge is 2.40. The number of phenols is 2. The molecule has 8 aromatic carbocycles. The van der Waals surface area contributed by atoms with E-state index in [1.165, 1.54) is 0 Å². The number of benzene rings is 8. The van der Waals surface area contributed by atoms with Crippen LogP contribution in [0.15, 0.2) is 194 Å². The number of hydrogen-bond donors (Lipinski definition) is 2. The summed E-state index contributed by atoms with van der Waals surface area (Å²) < 4.78 is 43.3. The molecule has 8 aromatic rings. The van der Waals surface area contributed by atoms with Crippen molar-refractivity contribution in [2.24, 2.45) is 0 Å². The second-order valence-electron chi connectivity index (χ2n) is 17.2. The first-order valence-corrected chi connectivity index (χ1v) is 25.3. The molecule has 65 heavy (non-hydrogen) atoms. The van der Waals surface area contributed by atoms with Crippen molar-refractivity contribution in [2.75, 3.05) is 22.4 Å². The maximum atomic E-state index is 15.2. The summed E-state index contributed by atoms with van der Waals surface area (Å²) in [7, 11) is -7.00. The molecule has 2 aliphatic rings. The van der Waals surface area contributed by atoms with Gasteiger partial charge in [0, 0.05) is 52.1 Å². The number of fused-ring (bicyclic) bond motifs is 6. The van der Waals surface area contributed by atoms with Crippen LogP contribution in [0.25, 0.3) is 22.3 Å². The lowest BCUT2D eigenvalue weighted by atomic mass is 9.77. The zero-order chi connectivity index (χ0) is 44.8. The van der Waals surface area contributed by atoms with E-state index in [9.17, 15) is 10.2 Å². The van der Waals surface area contributed by atoms with Crippen molar-refractivity contribution in [3.63, 3.8) is 0 Å². The molecule has 0 saturated carbocycles. The van der Waals surface area contributed by atoms with Crippen molar-refractivity contribution in [3.8, 4) is 45.3 Å². The molecule has 0 aliphatic carbocycles. The van der Waals surface area contributed by atoms with E-state index in [-0.39, 0.29) is 37.2 Å². The van der Waals surface area contributed by atoms with Crippen molar-refractivity contribution in [2.45, 2.75) is 32.4 Å². The van der Waals surface area contributed by atoms with Gasteiger partial charge in [0.25, 0.3) is 14.7 Å². The van der Waals surface area contributed by atoms with Gasteiger partial charge in [0.15, 0.2) is 0 Å². The summed E-state index contributed by atoms with van der Waals surface area (Å²) >= 11 is 0. The van der Waals surface area contributed by atoms with Crippen LogP contribution in [0.3, 0.4) is 0 Å². The summed E-state index contributed by atoms with van der Waals surface area (Å²) in [5.74, 6) is 1.41. The summed E-state index contributed by atoms with van der Waals surface area (Å²) in [4.78, 5) is 4.04. The smallest absolute Gasteiger partial charge is 0.296 e. The maximum absolute atomic E-state index is 15.2. The molecule has 2 atom stereocenters. The van der Waals surface area contributed by atoms with Crippen LogP contribution in [-0.2, 0) is 27.6 Å². The van der Waals surface area contributed by atoms with Gasteiger partial charge in [-0.3, -0.25) is 9.13 Å². The van der Waals surface area contributed by atoms with E-state index >= 15 is 9.13 Å². The van der Waals surface area contributed by atoms with Gasteiger partial charge in [-0.15, -0.1) is 0 Å². The zero-order valence-corrected chi connectivity index (χ0v) is 37.9. The normalized spacial score (nSPS) is 17.0. The molecule has 2 N–H and O–H groups in total. The van der Waals surface area contributed by atoms with Crippen molar-refractivity contribution in [1.29, 1.82) is 0 Å². The maximum Gasteiger partial charge on any atom is 0.296 e. The second kappa shape index (κ2) is 16.9. The van der Waals surface area contributed by atoms with Crippen LogP contribution in [0.4, 0.5) is 11.4 Å². The number of rotatable bonds is 12. The van der Waals surface area contributed by atoms with E-state index in [1.54, 1.807) is 12.1 Å². The topological polar surface area (TPSA) is 99.5 Å². The van der Waals surface area contributed by atoms with E-state index in [2.05, 4.69) is 13.8 Å². The van der Waals surface area contributed by atoms with Crippen molar-refractivity contribution in [3.05, 3.63) is 216 Å². The highest BCUT2D eigenvalue weighted by Crippen LogP contribution is 2.57. The largest absolute Gasteiger partial charge is 0.508 e. The third-order valence-electron chi connectivity index (χ3n) is 12.7. The number of anilines is 2. The average molecular weight is 895 g/mol. The molecule has 2 aliphatic heterocycles. The number of para-hydroxylation sites is 4. The molecule has 0 radical (unpaired) electrons. The molecule has 0 spiro atoms. The second-order valence-corrected chi connectivity index (χ2v) is 21.8. The SMILES string of the molecule is CC(C)(c1ccc(O)c(CN(CP2(=O)Oc3ccccc3-c3ccccc32)c2ccccc2)c1)c1ccc(O)c(CN(CP2(=O)Oc3ccccc3-c3ccccc32)c2ccccc2)c1. The van der Waals surface area contributed by atoms with Crippen LogP contribution in [0.1, 0.15) is 36.1 Å². The Morgan fingerprint density at radius 3 is 1.22 bits per heavy atom. The Morgan fingerprint density at radius 1 is 0.446 bits per heavy atom. The number of hydrogen-bond acceptors (Lipinski definition) is 8. The lowest BCUT2D eigenvalue weighted by Gasteiger charge is -2.34. The minimum absolute atomic E-state index is 0.0741. The minimum Gasteiger partial charge on any atom is -0.508 e. The molecule has 10 rings (SSSR count). The Hall–Kier alpha value is -6.98. The van der Waals surface area contributed by atoms with Crippen LogP contribution >= 0.6 is 14.7 Å². The van der Waals surface area contributed by atoms with Crippen LogP contribution in [-0.4, -0.2) is 22.8 Å². The Bertz CT molecular complexity index is 2950. The van der Waals surface area contributed by atoms with E-state index in [0.717, 1.165) is 44.8 Å². The van der Waals surface area contributed by atoms with Gasteiger partial charge >= 0.3 is 0 Å². The number of nitrogens with zero attached hydrogens (tertiary/aromatic N) is 2. The summed E-state index contributed by atoms with van der Waals surface area (Å²) in [6.07, 6.45) is 0.148. The fraction of sp³-hybridized carbons (Fsp3) is 0.127. The third kappa shape index (κ3) is 7.99. The van der Waals surface area contributed by atoms with Gasteiger partial charge in [-0.25, -0.2) is 0 Å². The Kier molecular flexibility index (Phi) is 10.9. The Labute approximate surface area is 379 Å². The van der Waals surface area contributed by atoms with E-state index < -0.39 is 20.2 Å². The van der Waals surface area contributed by atoms with Crippen LogP contribution in [0.5, 0.6) is 23.0 Å². The van der Waals surface area contributed by atoms with E-state index in [0.29, 0.717) is 33.2 Å². The molecule has 0 aromatic heterocycles. The fourth-order valence-electron chi connectivity index (χ4n) is 9.11. The average Bonchev–Trinajstić information content (AvgIpc) is 3.33. The van der Waals surface area contributed by atoms with Gasteiger partial charge in [0.05, 0.1) is 10.6 Å². The molecule has 0 amide bonds. The van der Waals surface area contributed by atoms with Gasteiger partial charge in [-0.2, -0.15) is 0 Å². The molecule has 2 heterocycles. The first-order chi connectivity index (χ1) is 31.5. The van der Waals surface area contributed by atoms with Crippen molar-refractivity contribution in [1.82, 2.24) is 0 Å². The molecule has 0 saturated heterocycles. The lowest BCUT2D eigenvalue weighted by molar-refractivity contribution is 0.464. The standard InChI is InChI=1S/C55H48N2O6P2/c1-55(2,41-29-31-49(58)39(33-41)35-56(43-17-5-3-6-18-43)37-64(60)53-27-15-11-23-47(53)45-21-9-13-25-51(45)62-64)42-30-32-50(59)40(34-42)36-57(44-19-7-4-8-20-44)38-65(61)54-28-16-12-24-48(54)46-22-10-14-26-52(46)63-65/h3-34,58-59H,35-38H2,1-2H3. The van der Waals surface area contributed by atoms with E-state index in [4.69, 9.17) is 9.05 Å². The Balaban J connectivity index is 0.963. The summed E-state index contributed by atoms with van der Waals surface area (Å²) in [6, 6.07) is 61.8. The molecular formula is C55H48N2O6P2. The summed E-state index contributed by atoms with van der Waals surface area (Å²) in [6.45, 7) is 4.74. The molecular weight excluding hydrogens is 847 g/mol. The highest BCUT2D eigenvalue weighted by molar-refractivity contribution is 7.68. The molecule has 8 nitrogen and oxygen atoms in total. The molecule has 10 heteroatoms. The van der Waals surface area contributed by atoms with Gasteiger partial charge < -0.3 is 29.1 Å². The predicted octanol–water partition coefficient (Wildman–Crippen LogP) is 12.7. The quantitative estimate of drug-likeness (QED) is 0.117. The van der Waals surface area contributed by atoms with Gasteiger partial charge in [-0.05, 0) is 95.1 Å². The van der Waals surface area contributed by atoms with Crippen molar-refractivity contribution >= 4 is 36.7 Å². The van der Waals surface area contributed by atoms with Crippen LogP contribution < -0.4 is 29.5 Å². The molecule has 2 unspecified atom stereocenters. The first-order valence-electron chi connectivity index (χ1n) is 21.7. The zero-order valence-electron chi connectivity index (χ0n) is 36.1.